The third kappa shape index (κ3) is 2.74. The number of alkyl halides is 3. The van der Waals surface area contributed by atoms with Crippen LogP contribution in [0.2, 0.25) is 0 Å². The molecule has 2 heterocycles. The molecule has 2 aliphatic rings. The maximum atomic E-state index is 13.0. The van der Waals surface area contributed by atoms with Crippen molar-refractivity contribution < 1.29 is 27.5 Å². The average Bonchev–Trinajstić information content (AvgIpc) is 2.65. The fourth-order valence-corrected chi connectivity index (χ4v) is 3.00. The van der Waals surface area contributed by atoms with Crippen molar-refractivity contribution in [3.05, 3.63) is 0 Å². The first-order valence-electron chi connectivity index (χ1n) is 6.44. The number of hydrogen-bond acceptors (Lipinski definition) is 4. The van der Waals surface area contributed by atoms with Crippen LogP contribution in [-0.4, -0.2) is 55.7 Å². The Bertz CT molecular complexity index is 405. The Labute approximate surface area is 114 Å². The van der Waals surface area contributed by atoms with Gasteiger partial charge in [-0.05, 0) is 31.3 Å². The summed E-state index contributed by atoms with van der Waals surface area (Å²) in [5.74, 6) is -2.06. The summed E-state index contributed by atoms with van der Waals surface area (Å²) in [5, 5.41) is 3.12. The molecular formula is C12H17F3N2O3. The second-order valence-corrected chi connectivity index (χ2v) is 5.42. The second kappa shape index (κ2) is 5.23. The number of carbonyl (C=O) groups is 2. The van der Waals surface area contributed by atoms with Crippen molar-refractivity contribution in [2.24, 2.45) is 5.41 Å². The molecule has 8 heteroatoms. The summed E-state index contributed by atoms with van der Waals surface area (Å²) in [4.78, 5) is 24.0. The van der Waals surface area contributed by atoms with Gasteiger partial charge in [0, 0.05) is 13.0 Å². The molecule has 0 aromatic heterocycles. The lowest BCUT2D eigenvalue weighted by Crippen LogP contribution is -2.53. The highest BCUT2D eigenvalue weighted by Gasteiger charge is 2.56. The van der Waals surface area contributed by atoms with Crippen molar-refractivity contribution in [1.82, 2.24) is 10.2 Å². The van der Waals surface area contributed by atoms with Crippen LogP contribution in [-0.2, 0) is 14.3 Å². The maximum absolute atomic E-state index is 13.0. The molecule has 20 heavy (non-hydrogen) atoms. The zero-order valence-corrected chi connectivity index (χ0v) is 11.1. The van der Waals surface area contributed by atoms with E-state index in [1.165, 1.54) is 0 Å². The van der Waals surface area contributed by atoms with E-state index in [4.69, 9.17) is 0 Å². The number of esters is 1. The second-order valence-electron chi connectivity index (χ2n) is 5.42. The number of nitrogens with one attached hydrogen (secondary N) is 1. The molecule has 1 unspecified atom stereocenters. The van der Waals surface area contributed by atoms with E-state index in [1.54, 1.807) is 0 Å². The normalized spacial score (nSPS) is 24.0. The van der Waals surface area contributed by atoms with Crippen LogP contribution in [0.3, 0.4) is 0 Å². The van der Waals surface area contributed by atoms with Crippen LogP contribution >= 0.6 is 0 Å². The van der Waals surface area contributed by atoms with E-state index in [2.05, 4.69) is 10.1 Å². The number of carbonyl (C=O) groups excluding carboxylic acids is 2. The number of hydrogen-bond donors (Lipinski definition) is 1. The summed E-state index contributed by atoms with van der Waals surface area (Å²) in [5.41, 5.74) is -0.445. The number of amides is 1. The molecule has 1 atom stereocenters. The molecule has 2 rings (SSSR count). The van der Waals surface area contributed by atoms with E-state index in [9.17, 15) is 22.8 Å². The van der Waals surface area contributed by atoms with Gasteiger partial charge in [-0.3, -0.25) is 4.79 Å². The number of piperidine rings is 1. The van der Waals surface area contributed by atoms with Gasteiger partial charge in [0.2, 0.25) is 11.9 Å². The fourth-order valence-electron chi connectivity index (χ4n) is 3.00. The first-order valence-corrected chi connectivity index (χ1v) is 6.44. The van der Waals surface area contributed by atoms with Gasteiger partial charge in [-0.1, -0.05) is 0 Å². The molecule has 1 amide bonds. The Balaban J connectivity index is 2.22. The minimum atomic E-state index is -4.82. The van der Waals surface area contributed by atoms with E-state index in [0.29, 0.717) is 30.8 Å². The van der Waals surface area contributed by atoms with Gasteiger partial charge in [0.25, 0.3) is 0 Å². The number of ether oxygens (including phenoxy) is 1. The first kappa shape index (κ1) is 15.1. The SMILES string of the molecule is COC(=O)C(N1CC2(CCNCC2)CC1=O)C(F)(F)F. The third-order valence-electron chi connectivity index (χ3n) is 4.06. The maximum Gasteiger partial charge on any atom is 0.419 e. The molecular weight excluding hydrogens is 277 g/mol. The van der Waals surface area contributed by atoms with Gasteiger partial charge in [-0.25, -0.2) is 4.79 Å². The highest BCUT2D eigenvalue weighted by molar-refractivity contribution is 5.87. The summed E-state index contributed by atoms with van der Waals surface area (Å²) in [7, 11) is 0.891. The van der Waals surface area contributed by atoms with Crippen molar-refractivity contribution in [2.45, 2.75) is 31.5 Å². The van der Waals surface area contributed by atoms with Gasteiger partial charge in [-0.2, -0.15) is 13.2 Å². The Kier molecular flexibility index (Phi) is 3.95. The molecule has 0 radical (unpaired) electrons. The van der Waals surface area contributed by atoms with Crippen LogP contribution < -0.4 is 5.32 Å². The highest BCUT2D eigenvalue weighted by Crippen LogP contribution is 2.42. The fraction of sp³-hybridized carbons (Fsp3) is 0.833. The number of rotatable bonds is 2. The van der Waals surface area contributed by atoms with Crippen molar-refractivity contribution in [3.8, 4) is 0 Å². The highest BCUT2D eigenvalue weighted by atomic mass is 19.4. The molecule has 2 saturated heterocycles. The molecule has 0 aromatic rings. The monoisotopic (exact) mass is 294 g/mol. The molecule has 2 aliphatic heterocycles. The predicted octanol–water partition coefficient (Wildman–Crippen LogP) is 0.692. The van der Waals surface area contributed by atoms with E-state index >= 15 is 0 Å². The minimum Gasteiger partial charge on any atom is -0.467 e. The van der Waals surface area contributed by atoms with Gasteiger partial charge in [0.1, 0.15) is 0 Å². The first-order chi connectivity index (χ1) is 9.29. The molecule has 5 nitrogen and oxygen atoms in total. The summed E-state index contributed by atoms with van der Waals surface area (Å²) in [6.07, 6.45) is -3.47. The van der Waals surface area contributed by atoms with Gasteiger partial charge in [0.05, 0.1) is 7.11 Å². The Morgan fingerprint density at radius 2 is 2.00 bits per heavy atom. The van der Waals surface area contributed by atoms with Gasteiger partial charge < -0.3 is 15.0 Å². The Morgan fingerprint density at radius 3 is 2.50 bits per heavy atom. The van der Waals surface area contributed by atoms with Gasteiger partial charge in [-0.15, -0.1) is 0 Å². The van der Waals surface area contributed by atoms with Crippen LogP contribution in [0.5, 0.6) is 0 Å². The van der Waals surface area contributed by atoms with Gasteiger partial charge >= 0.3 is 12.1 Å². The summed E-state index contributed by atoms with van der Waals surface area (Å²) in [6.45, 7) is 1.32. The molecule has 114 valence electrons. The van der Waals surface area contributed by atoms with Crippen molar-refractivity contribution in [2.75, 3.05) is 26.7 Å². The third-order valence-corrected chi connectivity index (χ3v) is 4.06. The lowest BCUT2D eigenvalue weighted by molar-refractivity contribution is -0.202. The van der Waals surface area contributed by atoms with E-state index in [1.807, 2.05) is 0 Å². The average molecular weight is 294 g/mol. The zero-order chi connectivity index (χ0) is 15.0. The van der Waals surface area contributed by atoms with Crippen LogP contribution in [0.25, 0.3) is 0 Å². The standard InChI is InChI=1S/C12H17F3N2O3/c1-20-10(19)9(12(13,14)15)17-7-11(6-8(17)18)2-4-16-5-3-11/h9,16H,2-7H2,1H3. The Hall–Kier alpha value is -1.31. The van der Waals surface area contributed by atoms with Crippen LogP contribution in [0.15, 0.2) is 0 Å². The molecule has 0 bridgehead atoms. The van der Waals surface area contributed by atoms with Crippen LogP contribution in [0.1, 0.15) is 19.3 Å². The zero-order valence-electron chi connectivity index (χ0n) is 11.1. The van der Waals surface area contributed by atoms with Crippen LogP contribution in [0, 0.1) is 5.41 Å². The smallest absolute Gasteiger partial charge is 0.419 e. The Morgan fingerprint density at radius 1 is 1.40 bits per heavy atom. The van der Waals surface area contributed by atoms with E-state index in [-0.39, 0.29) is 13.0 Å². The number of likely N-dealkylation sites (tertiary alicyclic amines) is 1. The van der Waals surface area contributed by atoms with Crippen LogP contribution in [0.4, 0.5) is 13.2 Å². The largest absolute Gasteiger partial charge is 0.467 e. The van der Waals surface area contributed by atoms with Crippen molar-refractivity contribution >= 4 is 11.9 Å². The molecule has 1 spiro atoms. The van der Waals surface area contributed by atoms with Gasteiger partial charge in [0.15, 0.2) is 0 Å². The lowest BCUT2D eigenvalue weighted by Gasteiger charge is -2.34. The summed E-state index contributed by atoms with van der Waals surface area (Å²) in [6, 6.07) is -2.49. The van der Waals surface area contributed by atoms with E-state index < -0.39 is 29.5 Å². The predicted molar refractivity (Wildman–Crippen MR) is 62.7 cm³/mol. The number of methoxy groups -OCH3 is 1. The molecule has 0 aromatic carbocycles. The number of nitrogens with zero attached hydrogens (tertiary/aromatic N) is 1. The molecule has 0 aliphatic carbocycles. The minimum absolute atomic E-state index is 0.0349. The van der Waals surface area contributed by atoms with Crippen molar-refractivity contribution in [3.63, 3.8) is 0 Å². The summed E-state index contributed by atoms with van der Waals surface area (Å²) >= 11 is 0. The van der Waals surface area contributed by atoms with E-state index in [0.717, 1.165) is 7.11 Å². The molecule has 0 saturated carbocycles. The molecule has 1 N–H and O–H groups in total. The lowest BCUT2D eigenvalue weighted by atomic mass is 9.78. The quantitative estimate of drug-likeness (QED) is 0.761. The topological polar surface area (TPSA) is 58.6 Å². The number of halogens is 3. The molecule has 2 fully saturated rings. The van der Waals surface area contributed by atoms with Crippen molar-refractivity contribution in [1.29, 1.82) is 0 Å². The summed E-state index contributed by atoms with van der Waals surface area (Å²) < 4.78 is 43.3.